The fourth-order valence-electron chi connectivity index (χ4n) is 3.35. The third kappa shape index (κ3) is 2.22. The molecule has 3 heterocycles. The van der Waals surface area contributed by atoms with Crippen LogP contribution < -0.4 is 0 Å². The second-order valence-corrected chi connectivity index (χ2v) is 5.21. The number of aromatic nitrogens is 1. The van der Waals surface area contributed by atoms with E-state index in [1.165, 1.54) is 31.4 Å². The molecule has 3 heteroatoms. The largest absolute Gasteiger partial charge is 0.381 e. The molecule has 2 fully saturated rings. The first-order valence-corrected chi connectivity index (χ1v) is 6.55. The summed E-state index contributed by atoms with van der Waals surface area (Å²) >= 11 is 0. The molecular weight excluding hydrogens is 212 g/mol. The minimum Gasteiger partial charge on any atom is -0.381 e. The summed E-state index contributed by atoms with van der Waals surface area (Å²) in [7, 11) is 1.85. The van der Waals surface area contributed by atoms with Crippen LogP contribution in [0.5, 0.6) is 0 Å². The lowest BCUT2D eigenvalue weighted by molar-refractivity contribution is 0.00206. The van der Waals surface area contributed by atoms with Crippen molar-refractivity contribution in [3.8, 4) is 0 Å². The number of hydrogen-bond donors (Lipinski definition) is 0. The van der Waals surface area contributed by atoms with E-state index in [-0.39, 0.29) is 0 Å². The van der Waals surface area contributed by atoms with Gasteiger partial charge in [0.2, 0.25) is 0 Å². The van der Waals surface area contributed by atoms with Crippen molar-refractivity contribution in [2.75, 3.05) is 7.11 Å². The maximum atomic E-state index is 5.53. The van der Waals surface area contributed by atoms with Crippen molar-refractivity contribution in [2.45, 2.75) is 50.4 Å². The minimum atomic E-state index is 0.479. The molecule has 3 nitrogen and oxygen atoms in total. The van der Waals surface area contributed by atoms with Gasteiger partial charge in [-0.05, 0) is 37.8 Å². The number of ether oxygens (including phenoxy) is 1. The van der Waals surface area contributed by atoms with Gasteiger partial charge in [-0.2, -0.15) is 0 Å². The van der Waals surface area contributed by atoms with Crippen LogP contribution in [0, 0.1) is 0 Å². The zero-order valence-electron chi connectivity index (χ0n) is 10.4. The second kappa shape index (κ2) is 4.75. The predicted molar refractivity (Wildman–Crippen MR) is 66.6 cm³/mol. The Morgan fingerprint density at radius 3 is 2.65 bits per heavy atom. The predicted octanol–water partition coefficient (Wildman–Crippen LogP) is 2.22. The van der Waals surface area contributed by atoms with E-state index in [4.69, 9.17) is 4.74 Å². The molecule has 2 unspecified atom stereocenters. The van der Waals surface area contributed by atoms with Crippen molar-refractivity contribution in [2.24, 2.45) is 0 Å². The van der Waals surface area contributed by atoms with Crippen molar-refractivity contribution in [1.82, 2.24) is 9.88 Å². The number of rotatable bonds is 3. The topological polar surface area (TPSA) is 25.4 Å². The van der Waals surface area contributed by atoms with Crippen LogP contribution in [-0.2, 0) is 11.3 Å². The molecule has 2 atom stereocenters. The summed E-state index contributed by atoms with van der Waals surface area (Å²) in [6, 6.07) is 7.60. The van der Waals surface area contributed by atoms with E-state index in [0.717, 1.165) is 6.54 Å². The molecule has 2 aliphatic heterocycles. The van der Waals surface area contributed by atoms with Crippen LogP contribution in [0.1, 0.15) is 31.4 Å². The second-order valence-electron chi connectivity index (χ2n) is 5.21. The van der Waals surface area contributed by atoms with Gasteiger partial charge < -0.3 is 4.74 Å². The van der Waals surface area contributed by atoms with Crippen molar-refractivity contribution < 1.29 is 4.74 Å². The SMILES string of the molecule is COC1CC2CCC(C1)N2Cc1ccccn1. The van der Waals surface area contributed by atoms with Crippen LogP contribution in [0.2, 0.25) is 0 Å². The summed E-state index contributed by atoms with van der Waals surface area (Å²) in [5.41, 5.74) is 1.19. The molecule has 17 heavy (non-hydrogen) atoms. The third-order valence-corrected chi connectivity index (χ3v) is 4.25. The Labute approximate surface area is 103 Å². The molecule has 0 saturated carbocycles. The molecule has 3 rings (SSSR count). The highest BCUT2D eigenvalue weighted by atomic mass is 16.5. The highest BCUT2D eigenvalue weighted by molar-refractivity contribution is 5.06. The Balaban J connectivity index is 1.69. The molecule has 0 spiro atoms. The summed E-state index contributed by atoms with van der Waals surface area (Å²) in [4.78, 5) is 7.07. The summed E-state index contributed by atoms with van der Waals surface area (Å²) in [5, 5.41) is 0. The van der Waals surface area contributed by atoms with Gasteiger partial charge in [0.15, 0.2) is 0 Å². The number of fused-ring (bicyclic) bond motifs is 2. The zero-order valence-corrected chi connectivity index (χ0v) is 10.4. The summed E-state index contributed by atoms with van der Waals surface area (Å²) < 4.78 is 5.53. The van der Waals surface area contributed by atoms with Crippen LogP contribution in [-0.4, -0.2) is 35.2 Å². The van der Waals surface area contributed by atoms with Gasteiger partial charge in [-0.3, -0.25) is 9.88 Å². The van der Waals surface area contributed by atoms with Gasteiger partial charge in [-0.25, -0.2) is 0 Å². The van der Waals surface area contributed by atoms with Crippen molar-refractivity contribution in [3.63, 3.8) is 0 Å². The van der Waals surface area contributed by atoms with Crippen LogP contribution >= 0.6 is 0 Å². The maximum Gasteiger partial charge on any atom is 0.0601 e. The van der Waals surface area contributed by atoms with Gasteiger partial charge >= 0.3 is 0 Å². The van der Waals surface area contributed by atoms with E-state index < -0.39 is 0 Å². The first-order valence-electron chi connectivity index (χ1n) is 6.55. The van der Waals surface area contributed by atoms with Crippen LogP contribution in [0.25, 0.3) is 0 Å². The van der Waals surface area contributed by atoms with E-state index in [2.05, 4.69) is 22.0 Å². The molecule has 2 aliphatic rings. The quantitative estimate of drug-likeness (QED) is 0.799. The molecule has 0 aromatic carbocycles. The molecule has 0 radical (unpaired) electrons. The van der Waals surface area contributed by atoms with Gasteiger partial charge in [0.05, 0.1) is 11.8 Å². The number of methoxy groups -OCH3 is 1. The normalized spacial score (nSPS) is 32.9. The molecule has 92 valence electrons. The molecular formula is C14H20N2O. The van der Waals surface area contributed by atoms with Crippen LogP contribution in [0.4, 0.5) is 0 Å². The standard InChI is InChI=1S/C14H20N2O/c1-17-14-8-12-5-6-13(9-14)16(12)10-11-4-2-3-7-15-11/h2-4,7,12-14H,5-6,8-10H2,1H3. The molecule has 2 bridgehead atoms. The lowest BCUT2D eigenvalue weighted by atomic mass is 9.99. The smallest absolute Gasteiger partial charge is 0.0601 e. The van der Waals surface area contributed by atoms with Crippen molar-refractivity contribution in [1.29, 1.82) is 0 Å². The number of pyridine rings is 1. The molecule has 2 saturated heterocycles. The Morgan fingerprint density at radius 2 is 2.06 bits per heavy atom. The molecule has 0 N–H and O–H groups in total. The average molecular weight is 232 g/mol. The summed E-state index contributed by atoms with van der Waals surface area (Å²) in [5.74, 6) is 0. The molecule has 1 aromatic rings. The minimum absolute atomic E-state index is 0.479. The average Bonchev–Trinajstić information content (AvgIpc) is 2.63. The van der Waals surface area contributed by atoms with E-state index in [0.29, 0.717) is 18.2 Å². The van der Waals surface area contributed by atoms with E-state index in [9.17, 15) is 0 Å². The molecule has 1 aromatic heterocycles. The molecule has 0 amide bonds. The van der Waals surface area contributed by atoms with Gasteiger partial charge in [0.1, 0.15) is 0 Å². The lowest BCUT2D eigenvalue weighted by Crippen LogP contribution is -2.44. The number of piperidine rings is 1. The monoisotopic (exact) mass is 232 g/mol. The Hall–Kier alpha value is -0.930. The number of nitrogens with zero attached hydrogens (tertiary/aromatic N) is 2. The van der Waals surface area contributed by atoms with Gasteiger partial charge in [-0.1, -0.05) is 6.07 Å². The van der Waals surface area contributed by atoms with Crippen molar-refractivity contribution in [3.05, 3.63) is 30.1 Å². The highest BCUT2D eigenvalue weighted by Crippen LogP contribution is 2.37. The van der Waals surface area contributed by atoms with Crippen LogP contribution in [0.15, 0.2) is 24.4 Å². The lowest BCUT2D eigenvalue weighted by Gasteiger charge is -2.38. The van der Waals surface area contributed by atoms with Gasteiger partial charge in [0.25, 0.3) is 0 Å². The van der Waals surface area contributed by atoms with E-state index >= 15 is 0 Å². The highest BCUT2D eigenvalue weighted by Gasteiger charge is 2.40. The Morgan fingerprint density at radius 1 is 1.29 bits per heavy atom. The van der Waals surface area contributed by atoms with Crippen LogP contribution in [0.3, 0.4) is 0 Å². The third-order valence-electron chi connectivity index (χ3n) is 4.25. The summed E-state index contributed by atoms with van der Waals surface area (Å²) in [6.45, 7) is 1.01. The van der Waals surface area contributed by atoms with Crippen molar-refractivity contribution >= 4 is 0 Å². The first-order chi connectivity index (χ1) is 8.36. The fraction of sp³-hybridized carbons (Fsp3) is 0.643. The van der Waals surface area contributed by atoms with Gasteiger partial charge in [0, 0.05) is 31.9 Å². The van der Waals surface area contributed by atoms with E-state index in [1.54, 1.807) is 0 Å². The maximum absolute atomic E-state index is 5.53. The molecule has 0 aliphatic carbocycles. The Kier molecular flexibility index (Phi) is 3.12. The Bertz CT molecular complexity index is 354. The first kappa shape index (κ1) is 11.2. The van der Waals surface area contributed by atoms with E-state index in [1.807, 2.05) is 19.4 Å². The number of hydrogen-bond acceptors (Lipinski definition) is 3. The fourth-order valence-corrected chi connectivity index (χ4v) is 3.35. The summed E-state index contributed by atoms with van der Waals surface area (Å²) in [6.07, 6.45) is 7.42. The van der Waals surface area contributed by atoms with Gasteiger partial charge in [-0.15, -0.1) is 0 Å². The zero-order chi connectivity index (χ0) is 11.7.